The van der Waals surface area contributed by atoms with Crippen molar-refractivity contribution in [2.24, 2.45) is 0 Å². The van der Waals surface area contributed by atoms with Gasteiger partial charge in [0.2, 0.25) is 0 Å². The van der Waals surface area contributed by atoms with E-state index in [2.05, 4.69) is 0 Å². The Morgan fingerprint density at radius 2 is 1.03 bits per heavy atom. The van der Waals surface area contributed by atoms with E-state index in [-0.39, 0.29) is 0 Å². The van der Waals surface area contributed by atoms with E-state index < -0.39 is 112 Å². The van der Waals surface area contributed by atoms with Crippen LogP contribution in [0.1, 0.15) is 0 Å². The maximum Gasteiger partial charge on any atom is 0.187 e. The van der Waals surface area contributed by atoms with Crippen molar-refractivity contribution in [3.8, 4) is 0 Å². The van der Waals surface area contributed by atoms with Crippen LogP contribution < -0.4 is 0 Å². The molecule has 0 saturated carbocycles. The highest BCUT2D eigenvalue weighted by atomic mass is 16.7. The zero-order chi connectivity index (χ0) is 25.3. The van der Waals surface area contributed by atoms with Crippen molar-refractivity contribution in [2.45, 2.75) is 92.1 Å². The van der Waals surface area contributed by atoms with Gasteiger partial charge >= 0.3 is 0 Å². The lowest BCUT2D eigenvalue weighted by Crippen LogP contribution is -2.65. The summed E-state index contributed by atoms with van der Waals surface area (Å²) in [4.78, 5) is 0. The van der Waals surface area contributed by atoms with E-state index in [4.69, 9.17) is 23.7 Å². The van der Waals surface area contributed by atoms with Gasteiger partial charge in [0, 0.05) is 0 Å². The van der Waals surface area contributed by atoms with Crippen molar-refractivity contribution in [3.05, 3.63) is 0 Å². The Kier molecular flexibility index (Phi) is 9.54. The molecule has 0 unspecified atom stereocenters. The lowest BCUT2D eigenvalue weighted by Gasteiger charge is -2.45. The first-order valence-electron chi connectivity index (χ1n) is 10.6. The van der Waals surface area contributed by atoms with Gasteiger partial charge in [0.1, 0.15) is 73.2 Å². The zero-order valence-electron chi connectivity index (χ0n) is 17.7. The molecule has 3 heterocycles. The molecule has 3 rings (SSSR count). The Morgan fingerprint density at radius 1 is 0.500 bits per heavy atom. The second-order valence-electron chi connectivity index (χ2n) is 8.37. The molecule has 0 radical (unpaired) electrons. The third-order valence-electron chi connectivity index (χ3n) is 6.07. The molecule has 0 aromatic rings. The molecular formula is C18H32O16. The van der Waals surface area contributed by atoms with E-state index in [1.165, 1.54) is 0 Å². The van der Waals surface area contributed by atoms with E-state index in [9.17, 15) is 56.2 Å². The Balaban J connectivity index is 1.66. The predicted molar refractivity (Wildman–Crippen MR) is 101 cm³/mol. The summed E-state index contributed by atoms with van der Waals surface area (Å²) < 4.78 is 26.3. The second kappa shape index (κ2) is 11.6. The van der Waals surface area contributed by atoms with E-state index in [1.807, 2.05) is 0 Å². The van der Waals surface area contributed by atoms with Gasteiger partial charge < -0.3 is 79.9 Å². The molecule has 3 aliphatic rings. The fourth-order valence-corrected chi connectivity index (χ4v) is 3.95. The minimum atomic E-state index is -1.87. The summed E-state index contributed by atoms with van der Waals surface area (Å²) >= 11 is 0. The molecule has 200 valence electrons. The van der Waals surface area contributed by atoms with Crippen LogP contribution in [0.5, 0.6) is 0 Å². The van der Waals surface area contributed by atoms with E-state index in [0.29, 0.717) is 0 Å². The summed E-state index contributed by atoms with van der Waals surface area (Å²) in [5, 5.41) is 109. The van der Waals surface area contributed by atoms with Crippen LogP contribution >= 0.6 is 0 Å². The average Bonchev–Trinajstić information content (AvgIpc) is 2.82. The molecule has 0 amide bonds. The summed E-state index contributed by atoms with van der Waals surface area (Å²) in [6, 6.07) is 0. The fraction of sp³-hybridized carbons (Fsp3) is 1.00. The van der Waals surface area contributed by atoms with Gasteiger partial charge in [0.05, 0.1) is 19.8 Å². The summed E-state index contributed by atoms with van der Waals surface area (Å²) in [6.07, 6.45) is -24.9. The summed E-state index contributed by atoms with van der Waals surface area (Å²) in [5.74, 6) is 0. The Labute approximate surface area is 192 Å². The van der Waals surface area contributed by atoms with Crippen LogP contribution in [0.4, 0.5) is 0 Å². The third kappa shape index (κ3) is 5.52. The maximum absolute atomic E-state index is 10.3. The maximum atomic E-state index is 10.3. The molecule has 0 aromatic heterocycles. The molecule has 16 nitrogen and oxygen atoms in total. The summed E-state index contributed by atoms with van der Waals surface area (Å²) in [6.45, 7) is -2.07. The quantitative estimate of drug-likeness (QED) is 0.154. The normalized spacial score (nSPS) is 52.5. The lowest BCUT2D eigenvalue weighted by atomic mass is 9.97. The molecule has 11 N–H and O–H groups in total. The molecule has 0 aromatic carbocycles. The standard InChI is InChI=1S/C18H32O16/c19-1-4-7(21)9(23)13(27)17(32-4)30-3-6-8(22)10(24)14(28)18(33-6)34-15-5(2-20)31-16(29)12(26)11(15)25/h4-29H,1-3H2/t4-,5-,6-,7+,8-,9+,10+,11-,12+,13-,14+,15-,16+,17+,18+/m1/s1. The van der Waals surface area contributed by atoms with Gasteiger partial charge in [-0.1, -0.05) is 0 Å². The summed E-state index contributed by atoms with van der Waals surface area (Å²) in [7, 11) is 0. The smallest absolute Gasteiger partial charge is 0.187 e. The molecular weight excluding hydrogens is 472 g/mol. The topological polar surface area (TPSA) is 269 Å². The van der Waals surface area contributed by atoms with Crippen LogP contribution in [0.3, 0.4) is 0 Å². The van der Waals surface area contributed by atoms with Crippen molar-refractivity contribution >= 4 is 0 Å². The molecule has 0 bridgehead atoms. The van der Waals surface area contributed by atoms with Crippen LogP contribution in [-0.2, 0) is 23.7 Å². The van der Waals surface area contributed by atoms with Gasteiger partial charge in [-0.15, -0.1) is 0 Å². The fourth-order valence-electron chi connectivity index (χ4n) is 3.95. The molecule has 16 heteroatoms. The van der Waals surface area contributed by atoms with Crippen molar-refractivity contribution in [1.29, 1.82) is 0 Å². The molecule has 0 spiro atoms. The van der Waals surface area contributed by atoms with Crippen LogP contribution in [0, 0.1) is 0 Å². The molecule has 3 aliphatic heterocycles. The minimum Gasteiger partial charge on any atom is -0.394 e. The van der Waals surface area contributed by atoms with Crippen molar-refractivity contribution in [3.63, 3.8) is 0 Å². The SMILES string of the molecule is OC[C@H]1O[C@H](OC[C@H]2O[C@@H](O[C@H]3[C@H](O)[C@H](O)[C@@H](O)O[C@@H]3CO)[C@@H](O)[C@@H](O)[C@@H]2O)[C@H](O)[C@@H](O)[C@H]1O. The van der Waals surface area contributed by atoms with Gasteiger partial charge in [-0.25, -0.2) is 0 Å². The first-order valence-corrected chi connectivity index (χ1v) is 10.6. The molecule has 0 aliphatic carbocycles. The van der Waals surface area contributed by atoms with E-state index in [0.717, 1.165) is 0 Å². The first kappa shape index (κ1) is 27.9. The lowest BCUT2D eigenvalue weighted by molar-refractivity contribution is -0.362. The van der Waals surface area contributed by atoms with Crippen LogP contribution in [-0.4, -0.2) is 168 Å². The average molecular weight is 504 g/mol. The molecule has 34 heavy (non-hydrogen) atoms. The highest BCUT2D eigenvalue weighted by Crippen LogP contribution is 2.29. The van der Waals surface area contributed by atoms with Crippen molar-refractivity contribution in [2.75, 3.05) is 19.8 Å². The number of ether oxygens (including phenoxy) is 5. The van der Waals surface area contributed by atoms with Gasteiger partial charge in [0.15, 0.2) is 18.9 Å². The predicted octanol–water partition coefficient (Wildman–Crippen LogP) is -7.57. The molecule has 15 atom stereocenters. The Morgan fingerprint density at radius 3 is 1.62 bits per heavy atom. The van der Waals surface area contributed by atoms with Crippen LogP contribution in [0.15, 0.2) is 0 Å². The minimum absolute atomic E-state index is 0.609. The van der Waals surface area contributed by atoms with Gasteiger partial charge in [-0.2, -0.15) is 0 Å². The molecule has 3 fully saturated rings. The number of aliphatic hydroxyl groups excluding tert-OH is 11. The van der Waals surface area contributed by atoms with E-state index in [1.54, 1.807) is 0 Å². The van der Waals surface area contributed by atoms with Gasteiger partial charge in [-0.3, -0.25) is 0 Å². The number of hydrogen-bond donors (Lipinski definition) is 11. The second-order valence-corrected chi connectivity index (χ2v) is 8.37. The number of hydrogen-bond acceptors (Lipinski definition) is 16. The zero-order valence-corrected chi connectivity index (χ0v) is 17.7. The Hall–Kier alpha value is -0.640. The highest BCUT2D eigenvalue weighted by Gasteiger charge is 2.51. The first-order chi connectivity index (χ1) is 16.0. The molecule has 3 saturated heterocycles. The van der Waals surface area contributed by atoms with Gasteiger partial charge in [0.25, 0.3) is 0 Å². The largest absolute Gasteiger partial charge is 0.394 e. The number of aliphatic hydroxyl groups is 11. The monoisotopic (exact) mass is 504 g/mol. The van der Waals surface area contributed by atoms with Crippen LogP contribution in [0.25, 0.3) is 0 Å². The van der Waals surface area contributed by atoms with Crippen LogP contribution in [0.2, 0.25) is 0 Å². The van der Waals surface area contributed by atoms with Crippen molar-refractivity contribution in [1.82, 2.24) is 0 Å². The third-order valence-corrected chi connectivity index (χ3v) is 6.07. The summed E-state index contributed by atoms with van der Waals surface area (Å²) in [5.41, 5.74) is 0. The Bertz CT molecular complexity index is 637. The number of rotatable bonds is 7. The van der Waals surface area contributed by atoms with Gasteiger partial charge in [-0.05, 0) is 0 Å². The van der Waals surface area contributed by atoms with E-state index >= 15 is 0 Å². The highest BCUT2D eigenvalue weighted by molar-refractivity contribution is 4.94. The van der Waals surface area contributed by atoms with Crippen molar-refractivity contribution < 1.29 is 79.9 Å².